The van der Waals surface area contributed by atoms with Gasteiger partial charge in [0, 0.05) is 29.4 Å². The molecule has 0 aliphatic heterocycles. The van der Waals surface area contributed by atoms with E-state index in [-0.39, 0.29) is 12.3 Å². The summed E-state index contributed by atoms with van der Waals surface area (Å²) < 4.78 is 48.3. The van der Waals surface area contributed by atoms with Crippen molar-refractivity contribution < 1.29 is 32.1 Å². The summed E-state index contributed by atoms with van der Waals surface area (Å²) in [7, 11) is -1.07. The molecule has 0 aromatic rings. The van der Waals surface area contributed by atoms with E-state index in [4.69, 9.17) is 5.11 Å². The SMILES string of the molecule is CS(=O)CCCNC(=O)NC(C)(C(=O)O)C(F)(F)F. The number of rotatable bonds is 6. The molecule has 0 radical (unpaired) electrons. The van der Waals surface area contributed by atoms with Crippen LogP contribution >= 0.6 is 0 Å². The van der Waals surface area contributed by atoms with Gasteiger partial charge in [0.2, 0.25) is 5.54 Å². The van der Waals surface area contributed by atoms with Gasteiger partial charge in [0.15, 0.2) is 0 Å². The minimum atomic E-state index is -5.12. The van der Waals surface area contributed by atoms with Crippen molar-refractivity contribution in [1.82, 2.24) is 10.6 Å². The normalized spacial score (nSPS) is 16.3. The number of carboxylic acid groups (broad SMARTS) is 1. The Morgan fingerprint density at radius 2 is 1.84 bits per heavy atom. The molecule has 0 rings (SSSR count). The molecule has 0 aromatic carbocycles. The van der Waals surface area contributed by atoms with E-state index in [2.05, 4.69) is 5.32 Å². The predicted octanol–water partition coefficient (Wildman–Crippen LogP) is 0.460. The Morgan fingerprint density at radius 3 is 2.21 bits per heavy atom. The molecular formula is C9H15F3N2O4S. The summed E-state index contributed by atoms with van der Waals surface area (Å²) in [5.74, 6) is -1.92. The van der Waals surface area contributed by atoms with Gasteiger partial charge in [0.25, 0.3) is 0 Å². The third kappa shape index (κ3) is 5.45. The van der Waals surface area contributed by atoms with Crippen molar-refractivity contribution in [2.45, 2.75) is 25.1 Å². The molecule has 2 unspecified atom stereocenters. The van der Waals surface area contributed by atoms with Crippen LogP contribution in [-0.4, -0.2) is 51.6 Å². The van der Waals surface area contributed by atoms with E-state index in [1.807, 2.05) is 0 Å². The molecule has 19 heavy (non-hydrogen) atoms. The second kappa shape index (κ2) is 6.73. The van der Waals surface area contributed by atoms with Crippen LogP contribution in [0.2, 0.25) is 0 Å². The molecule has 0 saturated carbocycles. The molecule has 112 valence electrons. The van der Waals surface area contributed by atoms with Crippen LogP contribution in [0.3, 0.4) is 0 Å². The summed E-state index contributed by atoms with van der Waals surface area (Å²) in [6.07, 6.45) is -3.36. The molecule has 0 bridgehead atoms. The molecular weight excluding hydrogens is 289 g/mol. The van der Waals surface area contributed by atoms with E-state index in [1.165, 1.54) is 11.6 Å². The maximum atomic E-state index is 12.5. The lowest BCUT2D eigenvalue weighted by Crippen LogP contribution is -2.63. The molecule has 0 aliphatic carbocycles. The number of halogens is 3. The smallest absolute Gasteiger partial charge is 0.422 e. The fraction of sp³-hybridized carbons (Fsp3) is 0.778. The summed E-state index contributed by atoms with van der Waals surface area (Å²) in [4.78, 5) is 21.8. The third-order valence-corrected chi connectivity index (χ3v) is 3.12. The number of nitrogens with one attached hydrogen (secondary N) is 2. The molecule has 2 amide bonds. The van der Waals surface area contributed by atoms with Crippen LogP contribution in [-0.2, 0) is 15.6 Å². The van der Waals surface area contributed by atoms with Crippen LogP contribution in [0.15, 0.2) is 0 Å². The number of urea groups is 1. The Labute approximate surface area is 110 Å². The number of carboxylic acids is 1. The minimum Gasteiger partial charge on any atom is -0.479 e. The van der Waals surface area contributed by atoms with Gasteiger partial charge in [0.05, 0.1) is 0 Å². The maximum absolute atomic E-state index is 12.5. The Bertz CT molecular complexity index is 375. The van der Waals surface area contributed by atoms with E-state index in [0.29, 0.717) is 13.3 Å². The minimum absolute atomic E-state index is 0.00102. The molecule has 0 saturated heterocycles. The lowest BCUT2D eigenvalue weighted by atomic mass is 10.0. The van der Waals surface area contributed by atoms with Crippen LogP contribution in [0.1, 0.15) is 13.3 Å². The zero-order valence-electron chi connectivity index (χ0n) is 10.3. The molecule has 0 fully saturated rings. The monoisotopic (exact) mass is 304 g/mol. The van der Waals surface area contributed by atoms with Gasteiger partial charge in [-0.15, -0.1) is 0 Å². The van der Waals surface area contributed by atoms with Gasteiger partial charge in [-0.25, -0.2) is 9.59 Å². The highest BCUT2D eigenvalue weighted by atomic mass is 32.2. The Hall–Kier alpha value is -1.32. The number of aliphatic carboxylic acids is 1. The van der Waals surface area contributed by atoms with Crippen molar-refractivity contribution >= 4 is 22.8 Å². The summed E-state index contributed by atoms with van der Waals surface area (Å²) in [6, 6.07) is -1.25. The van der Waals surface area contributed by atoms with Crippen molar-refractivity contribution in [3.05, 3.63) is 0 Å². The zero-order valence-corrected chi connectivity index (χ0v) is 11.2. The number of hydrogen-bond donors (Lipinski definition) is 3. The largest absolute Gasteiger partial charge is 0.479 e. The molecule has 0 aliphatic rings. The first-order valence-corrected chi connectivity index (χ1v) is 6.89. The molecule has 3 N–H and O–H groups in total. The summed E-state index contributed by atoms with van der Waals surface area (Å²) >= 11 is 0. The van der Waals surface area contributed by atoms with Crippen LogP contribution < -0.4 is 10.6 Å². The molecule has 0 spiro atoms. The summed E-state index contributed by atoms with van der Waals surface area (Å²) in [6.45, 7) is 0.356. The Morgan fingerprint density at radius 1 is 1.32 bits per heavy atom. The van der Waals surface area contributed by atoms with Crippen molar-refractivity contribution in [2.75, 3.05) is 18.6 Å². The highest BCUT2D eigenvalue weighted by molar-refractivity contribution is 7.84. The van der Waals surface area contributed by atoms with Crippen molar-refractivity contribution in [3.63, 3.8) is 0 Å². The number of carbonyl (C=O) groups excluding carboxylic acids is 1. The second-order valence-electron chi connectivity index (χ2n) is 3.94. The molecule has 6 nitrogen and oxygen atoms in total. The number of carbonyl (C=O) groups is 2. The van der Waals surface area contributed by atoms with Crippen LogP contribution in [0.4, 0.5) is 18.0 Å². The van der Waals surface area contributed by atoms with Crippen molar-refractivity contribution in [3.8, 4) is 0 Å². The van der Waals surface area contributed by atoms with E-state index >= 15 is 0 Å². The van der Waals surface area contributed by atoms with Gasteiger partial charge >= 0.3 is 18.2 Å². The highest BCUT2D eigenvalue weighted by Gasteiger charge is 2.58. The Kier molecular flexibility index (Phi) is 6.27. The van der Waals surface area contributed by atoms with Gasteiger partial charge < -0.3 is 15.7 Å². The lowest BCUT2D eigenvalue weighted by Gasteiger charge is -2.28. The molecule has 2 atom stereocenters. The standard InChI is InChI=1S/C9H15F3N2O4S/c1-8(6(15)16,9(10,11)12)14-7(17)13-4-3-5-19(2)18/h3-5H2,1-2H3,(H,15,16)(H2,13,14,17). The number of amides is 2. The topological polar surface area (TPSA) is 95.5 Å². The predicted molar refractivity (Wildman–Crippen MR) is 62.2 cm³/mol. The van der Waals surface area contributed by atoms with Crippen molar-refractivity contribution in [1.29, 1.82) is 0 Å². The molecule has 10 heteroatoms. The fourth-order valence-electron chi connectivity index (χ4n) is 0.994. The fourth-order valence-corrected chi connectivity index (χ4v) is 1.55. The summed E-state index contributed by atoms with van der Waals surface area (Å²) in [5.41, 5.74) is -3.36. The van der Waals surface area contributed by atoms with E-state index in [0.717, 1.165) is 0 Å². The first-order valence-electron chi connectivity index (χ1n) is 5.17. The molecule has 0 aromatic heterocycles. The Balaban J connectivity index is 4.43. The van der Waals surface area contributed by atoms with Crippen LogP contribution in [0.5, 0.6) is 0 Å². The average molecular weight is 304 g/mol. The first kappa shape index (κ1) is 17.7. The first-order chi connectivity index (χ1) is 8.50. The molecule has 0 heterocycles. The van der Waals surface area contributed by atoms with Crippen molar-refractivity contribution in [2.24, 2.45) is 0 Å². The van der Waals surface area contributed by atoms with Gasteiger partial charge in [-0.3, -0.25) is 4.21 Å². The van der Waals surface area contributed by atoms with Gasteiger partial charge in [0.1, 0.15) is 0 Å². The zero-order chi connectivity index (χ0) is 15.3. The average Bonchev–Trinajstić information content (AvgIpc) is 2.22. The lowest BCUT2D eigenvalue weighted by molar-refractivity contribution is -0.203. The van der Waals surface area contributed by atoms with Crippen LogP contribution in [0, 0.1) is 0 Å². The number of alkyl halides is 3. The quantitative estimate of drug-likeness (QED) is 0.621. The second-order valence-corrected chi connectivity index (χ2v) is 5.49. The van der Waals surface area contributed by atoms with E-state index < -0.39 is 34.5 Å². The maximum Gasteiger partial charge on any atom is 0.422 e. The summed E-state index contributed by atoms with van der Waals surface area (Å²) in [5, 5.41) is 12.0. The number of hydrogen-bond acceptors (Lipinski definition) is 3. The third-order valence-electron chi connectivity index (χ3n) is 2.25. The van der Waals surface area contributed by atoms with Crippen LogP contribution in [0.25, 0.3) is 0 Å². The van der Waals surface area contributed by atoms with Gasteiger partial charge in [-0.1, -0.05) is 0 Å². The van der Waals surface area contributed by atoms with E-state index in [1.54, 1.807) is 0 Å². The van der Waals surface area contributed by atoms with E-state index in [9.17, 15) is 27.0 Å². The highest BCUT2D eigenvalue weighted by Crippen LogP contribution is 2.30. The van der Waals surface area contributed by atoms with Gasteiger partial charge in [-0.05, 0) is 13.3 Å². The van der Waals surface area contributed by atoms with Gasteiger partial charge in [-0.2, -0.15) is 13.2 Å².